The van der Waals surface area contributed by atoms with Crippen LogP contribution in [0.4, 0.5) is 0 Å². The predicted molar refractivity (Wildman–Crippen MR) is 63.8 cm³/mol. The van der Waals surface area contributed by atoms with Gasteiger partial charge in [0.2, 0.25) is 0 Å². The van der Waals surface area contributed by atoms with Crippen molar-refractivity contribution >= 4 is 17.6 Å². The van der Waals surface area contributed by atoms with Gasteiger partial charge in [-0.25, -0.2) is 4.79 Å². The molecule has 0 bridgehead atoms. The first-order chi connectivity index (χ1) is 7.66. The van der Waals surface area contributed by atoms with Gasteiger partial charge in [0.05, 0.1) is 10.6 Å². The molecule has 0 fully saturated rings. The van der Waals surface area contributed by atoms with Crippen molar-refractivity contribution in [2.24, 2.45) is 0 Å². The second-order valence-corrected chi connectivity index (χ2v) is 3.51. The van der Waals surface area contributed by atoms with Gasteiger partial charge >= 0.3 is 5.97 Å². The lowest BCUT2D eigenvalue weighted by Crippen LogP contribution is -2.05. The highest BCUT2D eigenvalue weighted by Crippen LogP contribution is 2.20. The number of carbonyl (C=O) groups is 1. The van der Waals surface area contributed by atoms with Crippen molar-refractivity contribution in [2.45, 2.75) is 6.42 Å². The van der Waals surface area contributed by atoms with E-state index < -0.39 is 5.97 Å². The number of hydrogen-bond donors (Lipinski definition) is 2. The summed E-state index contributed by atoms with van der Waals surface area (Å²) in [4.78, 5) is 10.8. The van der Waals surface area contributed by atoms with E-state index >= 15 is 0 Å². The van der Waals surface area contributed by atoms with Gasteiger partial charge < -0.3 is 10.4 Å². The average molecular weight is 238 g/mol. The maximum absolute atomic E-state index is 10.8. The van der Waals surface area contributed by atoms with Crippen LogP contribution >= 0.6 is 11.6 Å². The molecule has 4 heteroatoms. The fraction of sp³-hybridized carbons (Fsp3) is 0.250. The molecule has 0 spiro atoms. The Morgan fingerprint density at radius 3 is 2.94 bits per heavy atom. The molecule has 0 saturated heterocycles. The molecule has 0 aliphatic rings. The van der Waals surface area contributed by atoms with E-state index in [0.717, 1.165) is 6.54 Å². The molecule has 1 aromatic rings. The maximum Gasteiger partial charge on any atom is 0.337 e. The van der Waals surface area contributed by atoms with E-state index in [2.05, 4.69) is 17.2 Å². The lowest BCUT2D eigenvalue weighted by Gasteiger charge is -2.00. The zero-order valence-electron chi connectivity index (χ0n) is 8.88. The molecule has 0 heterocycles. The van der Waals surface area contributed by atoms with E-state index in [9.17, 15) is 4.79 Å². The molecule has 0 aliphatic carbocycles. The standard InChI is InChI=1S/C12H12ClNO2/c1-14-8-3-2-5-9-6-4-7-10(11(9)13)12(15)16/h4,6-7,14H,3,8H2,1H3,(H,15,16). The first-order valence-electron chi connectivity index (χ1n) is 4.82. The summed E-state index contributed by atoms with van der Waals surface area (Å²) in [5, 5.41) is 12.0. The summed E-state index contributed by atoms with van der Waals surface area (Å²) in [5.74, 6) is 4.74. The topological polar surface area (TPSA) is 49.3 Å². The van der Waals surface area contributed by atoms with Gasteiger partial charge in [-0.05, 0) is 19.2 Å². The third-order valence-corrected chi connectivity index (χ3v) is 2.36. The number of aromatic carboxylic acids is 1. The smallest absolute Gasteiger partial charge is 0.337 e. The Morgan fingerprint density at radius 1 is 1.56 bits per heavy atom. The van der Waals surface area contributed by atoms with Gasteiger partial charge in [0.15, 0.2) is 0 Å². The molecule has 0 radical (unpaired) electrons. The second-order valence-electron chi connectivity index (χ2n) is 3.13. The molecule has 0 amide bonds. The molecule has 1 aromatic carbocycles. The van der Waals surface area contributed by atoms with Crippen LogP contribution in [-0.4, -0.2) is 24.7 Å². The Morgan fingerprint density at radius 2 is 2.31 bits per heavy atom. The Hall–Kier alpha value is -1.50. The van der Waals surface area contributed by atoms with Crippen molar-refractivity contribution < 1.29 is 9.90 Å². The van der Waals surface area contributed by atoms with E-state index in [1.807, 2.05) is 7.05 Å². The van der Waals surface area contributed by atoms with Crippen LogP contribution in [0, 0.1) is 11.8 Å². The third-order valence-electron chi connectivity index (χ3n) is 1.95. The first kappa shape index (κ1) is 12.6. The van der Waals surface area contributed by atoms with Gasteiger partial charge in [-0.2, -0.15) is 0 Å². The molecular weight excluding hydrogens is 226 g/mol. The van der Waals surface area contributed by atoms with Gasteiger partial charge in [-0.1, -0.05) is 29.5 Å². The summed E-state index contributed by atoms with van der Waals surface area (Å²) in [6.07, 6.45) is 0.699. The van der Waals surface area contributed by atoms with Gasteiger partial charge in [-0.15, -0.1) is 0 Å². The number of halogens is 1. The molecule has 0 aromatic heterocycles. The Kier molecular flexibility index (Phi) is 4.84. The Balaban J connectivity index is 2.92. The minimum Gasteiger partial charge on any atom is -0.478 e. The number of carboxylic acid groups (broad SMARTS) is 1. The van der Waals surface area contributed by atoms with Crippen molar-refractivity contribution in [2.75, 3.05) is 13.6 Å². The van der Waals surface area contributed by atoms with Crippen LogP contribution in [-0.2, 0) is 0 Å². The monoisotopic (exact) mass is 237 g/mol. The van der Waals surface area contributed by atoms with E-state index in [0.29, 0.717) is 12.0 Å². The maximum atomic E-state index is 10.8. The predicted octanol–water partition coefficient (Wildman–Crippen LogP) is 2.00. The second kappa shape index (κ2) is 6.16. The fourth-order valence-electron chi connectivity index (χ4n) is 1.14. The summed E-state index contributed by atoms with van der Waals surface area (Å²) >= 11 is 5.92. The molecule has 0 saturated carbocycles. The van der Waals surface area contributed by atoms with Crippen LogP contribution in [0.3, 0.4) is 0 Å². The van der Waals surface area contributed by atoms with Crippen molar-refractivity contribution in [1.82, 2.24) is 5.32 Å². The Labute approximate surface area is 99.4 Å². The van der Waals surface area contributed by atoms with Gasteiger partial charge in [0, 0.05) is 18.5 Å². The summed E-state index contributed by atoms with van der Waals surface area (Å²) in [5.41, 5.74) is 0.639. The van der Waals surface area contributed by atoms with Crippen LogP contribution in [0.1, 0.15) is 22.3 Å². The van der Waals surface area contributed by atoms with E-state index in [4.69, 9.17) is 16.7 Å². The Bertz CT molecular complexity index is 446. The molecule has 2 N–H and O–H groups in total. The fourth-order valence-corrected chi connectivity index (χ4v) is 1.39. The molecule has 16 heavy (non-hydrogen) atoms. The van der Waals surface area contributed by atoms with Gasteiger partial charge in [-0.3, -0.25) is 0 Å². The zero-order chi connectivity index (χ0) is 12.0. The zero-order valence-corrected chi connectivity index (χ0v) is 9.64. The van der Waals surface area contributed by atoms with Crippen molar-refractivity contribution in [3.05, 3.63) is 34.3 Å². The van der Waals surface area contributed by atoms with E-state index in [1.165, 1.54) is 6.07 Å². The summed E-state index contributed by atoms with van der Waals surface area (Å²) in [7, 11) is 1.85. The minimum absolute atomic E-state index is 0.0853. The number of carboxylic acids is 1. The third kappa shape index (κ3) is 3.27. The molecule has 3 nitrogen and oxygen atoms in total. The molecule has 0 aliphatic heterocycles. The molecule has 0 atom stereocenters. The van der Waals surface area contributed by atoms with Gasteiger partial charge in [0.1, 0.15) is 0 Å². The van der Waals surface area contributed by atoms with Crippen LogP contribution < -0.4 is 5.32 Å². The van der Waals surface area contributed by atoms with E-state index in [1.54, 1.807) is 12.1 Å². The normalized spacial score (nSPS) is 9.38. The number of benzene rings is 1. The molecular formula is C12H12ClNO2. The largest absolute Gasteiger partial charge is 0.478 e. The van der Waals surface area contributed by atoms with Crippen molar-refractivity contribution in [3.63, 3.8) is 0 Å². The lowest BCUT2D eigenvalue weighted by atomic mass is 10.1. The van der Waals surface area contributed by atoms with Crippen LogP contribution in [0.15, 0.2) is 18.2 Å². The lowest BCUT2D eigenvalue weighted by molar-refractivity contribution is 0.0697. The number of hydrogen-bond acceptors (Lipinski definition) is 2. The molecule has 1 rings (SSSR count). The molecule has 84 valence electrons. The van der Waals surface area contributed by atoms with Crippen LogP contribution in [0.2, 0.25) is 5.02 Å². The van der Waals surface area contributed by atoms with E-state index in [-0.39, 0.29) is 10.6 Å². The van der Waals surface area contributed by atoms with Crippen molar-refractivity contribution in [3.8, 4) is 11.8 Å². The SMILES string of the molecule is CNCCC#Cc1cccc(C(=O)O)c1Cl. The molecule has 0 unspecified atom stereocenters. The summed E-state index contributed by atoms with van der Waals surface area (Å²) in [6, 6.07) is 4.81. The highest BCUT2D eigenvalue weighted by atomic mass is 35.5. The average Bonchev–Trinajstić information content (AvgIpc) is 2.26. The minimum atomic E-state index is -1.04. The summed E-state index contributed by atoms with van der Waals surface area (Å²) in [6.45, 7) is 0.795. The van der Waals surface area contributed by atoms with Crippen molar-refractivity contribution in [1.29, 1.82) is 0 Å². The summed E-state index contributed by atoms with van der Waals surface area (Å²) < 4.78 is 0. The highest BCUT2D eigenvalue weighted by Gasteiger charge is 2.10. The van der Waals surface area contributed by atoms with Gasteiger partial charge in [0.25, 0.3) is 0 Å². The highest BCUT2D eigenvalue weighted by molar-refractivity contribution is 6.34. The quantitative estimate of drug-likeness (QED) is 0.625. The number of nitrogens with one attached hydrogen (secondary N) is 1. The first-order valence-corrected chi connectivity index (χ1v) is 5.20. The van der Waals surface area contributed by atoms with Crippen LogP contribution in [0.5, 0.6) is 0 Å². The van der Waals surface area contributed by atoms with Crippen LogP contribution in [0.25, 0.3) is 0 Å². The number of rotatable bonds is 3.